The van der Waals surface area contributed by atoms with Gasteiger partial charge in [0.1, 0.15) is 24.3 Å². The lowest BCUT2D eigenvalue weighted by Gasteiger charge is -2.26. The van der Waals surface area contributed by atoms with Crippen molar-refractivity contribution in [3.8, 4) is 5.75 Å². The van der Waals surface area contributed by atoms with E-state index in [1.165, 1.54) is 0 Å². The molecular weight excluding hydrogens is 496 g/mol. The highest BCUT2D eigenvalue weighted by atomic mass is 35.5. The molecule has 0 atom stereocenters. The number of morpholine rings is 1. The number of hydrogen-bond donors (Lipinski definition) is 1. The molecule has 10 heteroatoms. The fraction of sp³-hybridized carbons (Fsp3) is 0.259. The van der Waals surface area contributed by atoms with Crippen LogP contribution in [0.15, 0.2) is 71.7 Å². The lowest BCUT2D eigenvalue weighted by atomic mass is 10.1. The minimum Gasteiger partial charge on any atom is -0.492 e. The van der Waals surface area contributed by atoms with Crippen LogP contribution in [0.3, 0.4) is 0 Å². The molecule has 0 amide bonds. The van der Waals surface area contributed by atoms with Gasteiger partial charge in [-0.1, -0.05) is 17.7 Å². The van der Waals surface area contributed by atoms with E-state index in [1.807, 2.05) is 47.4 Å². The molecule has 1 fully saturated rings. The molecule has 0 unspecified atom stereocenters. The van der Waals surface area contributed by atoms with Crippen LogP contribution in [-0.4, -0.2) is 61.1 Å². The molecule has 0 saturated carbocycles. The number of ether oxygens (including phenoxy) is 4. The number of halogens is 1. The Balaban J connectivity index is 1.41. The fourth-order valence-corrected chi connectivity index (χ4v) is 4.85. The summed E-state index contributed by atoms with van der Waals surface area (Å²) in [4.78, 5) is 24.6. The van der Waals surface area contributed by atoms with Crippen LogP contribution < -0.4 is 15.2 Å². The van der Waals surface area contributed by atoms with Crippen LogP contribution in [0.5, 0.6) is 5.75 Å². The van der Waals surface area contributed by atoms with Crippen LogP contribution in [0.25, 0.3) is 21.8 Å². The molecule has 6 rings (SSSR count). The summed E-state index contributed by atoms with van der Waals surface area (Å²) in [6.07, 6.45) is 3.21. The Bertz CT molecular complexity index is 1530. The van der Waals surface area contributed by atoms with Gasteiger partial charge in [-0.05, 0) is 42.5 Å². The highest BCUT2D eigenvalue weighted by molar-refractivity contribution is 6.30. The predicted octanol–water partition coefficient (Wildman–Crippen LogP) is 4.38. The van der Waals surface area contributed by atoms with Gasteiger partial charge in [0.15, 0.2) is 0 Å². The Morgan fingerprint density at radius 3 is 2.81 bits per heavy atom. The van der Waals surface area contributed by atoms with Crippen molar-refractivity contribution in [2.24, 2.45) is 0 Å². The third-order valence-electron chi connectivity index (χ3n) is 6.43. The Labute approximate surface area is 217 Å². The number of pyridine rings is 2. The molecule has 0 radical (unpaired) electrons. The molecule has 0 spiro atoms. The summed E-state index contributed by atoms with van der Waals surface area (Å²) < 4.78 is 22.5. The van der Waals surface area contributed by atoms with Gasteiger partial charge in [0.25, 0.3) is 5.56 Å². The standard InChI is InChI=1S/C27H25ClN4O5/c28-18-2-1-3-19(14-18)32(24-16-35-17-37-24)23-6-7-29-26-25(23)21-5-4-20(15-22(21)27(33)30-26)36-13-10-31-8-11-34-12-9-31/h1-7,14-16H,8-13,17H2,(H,29,30,33). The molecule has 9 nitrogen and oxygen atoms in total. The molecular formula is C27H25ClN4O5. The van der Waals surface area contributed by atoms with Crippen LogP contribution in [0.4, 0.5) is 11.4 Å². The molecule has 1 saturated heterocycles. The number of nitrogens with zero attached hydrogens (tertiary/aromatic N) is 3. The van der Waals surface area contributed by atoms with Crippen molar-refractivity contribution in [3.63, 3.8) is 0 Å². The first-order valence-electron chi connectivity index (χ1n) is 12.1. The molecule has 2 aliphatic heterocycles. The maximum atomic E-state index is 13.1. The zero-order chi connectivity index (χ0) is 25.2. The zero-order valence-corrected chi connectivity index (χ0v) is 20.7. The first-order valence-corrected chi connectivity index (χ1v) is 12.4. The van der Waals surface area contributed by atoms with E-state index in [0.29, 0.717) is 34.3 Å². The van der Waals surface area contributed by atoms with Gasteiger partial charge in [0.05, 0.1) is 30.0 Å². The number of H-pyrrole nitrogens is 1. The van der Waals surface area contributed by atoms with E-state index in [-0.39, 0.29) is 12.4 Å². The topological polar surface area (TPSA) is 89.2 Å². The summed E-state index contributed by atoms with van der Waals surface area (Å²) in [6, 6.07) is 14.9. The van der Waals surface area contributed by atoms with E-state index in [1.54, 1.807) is 18.5 Å². The van der Waals surface area contributed by atoms with Crippen molar-refractivity contribution in [3.05, 3.63) is 82.2 Å². The molecule has 2 aliphatic rings. The number of aromatic nitrogens is 2. The Hall–Kier alpha value is -3.79. The molecule has 4 heterocycles. The molecule has 2 aromatic heterocycles. The molecule has 190 valence electrons. The van der Waals surface area contributed by atoms with E-state index in [4.69, 9.17) is 30.5 Å². The largest absolute Gasteiger partial charge is 0.492 e. The van der Waals surface area contributed by atoms with Gasteiger partial charge in [-0.25, -0.2) is 4.98 Å². The summed E-state index contributed by atoms with van der Waals surface area (Å²) >= 11 is 6.32. The monoisotopic (exact) mass is 520 g/mol. The third-order valence-corrected chi connectivity index (χ3v) is 6.67. The Morgan fingerprint density at radius 1 is 1.11 bits per heavy atom. The smallest absolute Gasteiger partial charge is 0.257 e. The van der Waals surface area contributed by atoms with Crippen LogP contribution in [0.1, 0.15) is 0 Å². The quantitative estimate of drug-likeness (QED) is 0.359. The molecule has 2 aromatic carbocycles. The van der Waals surface area contributed by atoms with E-state index in [9.17, 15) is 4.79 Å². The number of rotatable bonds is 7. The summed E-state index contributed by atoms with van der Waals surface area (Å²) in [5.41, 5.74) is 1.76. The Kier molecular flexibility index (Phi) is 6.57. The summed E-state index contributed by atoms with van der Waals surface area (Å²) in [6.45, 7) is 4.73. The van der Waals surface area contributed by atoms with E-state index < -0.39 is 0 Å². The van der Waals surface area contributed by atoms with Crippen molar-refractivity contribution in [2.75, 3.05) is 51.1 Å². The molecule has 1 N–H and O–H groups in total. The van der Waals surface area contributed by atoms with E-state index in [0.717, 1.165) is 55.0 Å². The van der Waals surface area contributed by atoms with Crippen molar-refractivity contribution in [1.29, 1.82) is 0 Å². The third kappa shape index (κ3) is 4.81. The van der Waals surface area contributed by atoms with E-state index >= 15 is 0 Å². The van der Waals surface area contributed by atoms with Gasteiger partial charge < -0.3 is 23.9 Å². The summed E-state index contributed by atoms with van der Waals surface area (Å²) in [7, 11) is 0. The molecule has 37 heavy (non-hydrogen) atoms. The molecule has 4 aromatic rings. The van der Waals surface area contributed by atoms with Crippen molar-refractivity contribution in [2.45, 2.75) is 0 Å². The van der Waals surface area contributed by atoms with Gasteiger partial charge in [-0.3, -0.25) is 14.6 Å². The SMILES string of the molecule is O=c1[nH]c2nccc(N(C3=COCO3)c3cccc(Cl)c3)c2c2ccc(OCCN3CCOCC3)cc12. The number of benzene rings is 2. The molecule has 0 aliphatic carbocycles. The first-order chi connectivity index (χ1) is 18.2. The average molecular weight is 521 g/mol. The van der Waals surface area contributed by atoms with Gasteiger partial charge in [-0.2, -0.15) is 0 Å². The van der Waals surface area contributed by atoms with Crippen LogP contribution in [0.2, 0.25) is 5.02 Å². The second-order valence-electron chi connectivity index (χ2n) is 8.72. The van der Waals surface area contributed by atoms with Gasteiger partial charge in [0.2, 0.25) is 12.7 Å². The van der Waals surface area contributed by atoms with Crippen LogP contribution in [0, 0.1) is 0 Å². The summed E-state index contributed by atoms with van der Waals surface area (Å²) in [5.74, 6) is 1.13. The normalized spacial score (nSPS) is 15.9. The lowest BCUT2D eigenvalue weighted by molar-refractivity contribution is 0.0322. The lowest BCUT2D eigenvalue weighted by Crippen LogP contribution is -2.38. The van der Waals surface area contributed by atoms with E-state index in [2.05, 4.69) is 14.9 Å². The summed E-state index contributed by atoms with van der Waals surface area (Å²) in [5, 5.41) is 2.59. The zero-order valence-electron chi connectivity index (χ0n) is 20.0. The van der Waals surface area contributed by atoms with Crippen LogP contribution >= 0.6 is 11.6 Å². The number of aromatic amines is 1. The fourth-order valence-electron chi connectivity index (χ4n) is 4.66. The second-order valence-corrected chi connectivity index (χ2v) is 9.15. The number of hydrogen-bond acceptors (Lipinski definition) is 8. The van der Waals surface area contributed by atoms with Gasteiger partial charge in [0, 0.05) is 41.6 Å². The maximum absolute atomic E-state index is 13.1. The van der Waals surface area contributed by atoms with Crippen molar-refractivity contribution in [1.82, 2.24) is 14.9 Å². The average Bonchev–Trinajstić information content (AvgIpc) is 3.44. The number of fused-ring (bicyclic) bond motifs is 3. The highest BCUT2D eigenvalue weighted by Gasteiger charge is 2.24. The van der Waals surface area contributed by atoms with Gasteiger partial charge >= 0.3 is 0 Å². The first kappa shape index (κ1) is 23.6. The number of nitrogens with one attached hydrogen (secondary N) is 1. The maximum Gasteiger partial charge on any atom is 0.257 e. The Morgan fingerprint density at radius 2 is 2.00 bits per heavy atom. The second kappa shape index (κ2) is 10.3. The van der Waals surface area contributed by atoms with Gasteiger partial charge in [-0.15, -0.1) is 0 Å². The minimum absolute atomic E-state index is 0.109. The minimum atomic E-state index is -0.236. The number of anilines is 2. The van der Waals surface area contributed by atoms with Crippen LogP contribution in [-0.2, 0) is 14.2 Å². The molecule has 0 bridgehead atoms. The predicted molar refractivity (Wildman–Crippen MR) is 141 cm³/mol. The highest BCUT2D eigenvalue weighted by Crippen LogP contribution is 2.39. The van der Waals surface area contributed by atoms with Crippen molar-refractivity contribution >= 4 is 44.8 Å². The van der Waals surface area contributed by atoms with Crippen molar-refractivity contribution < 1.29 is 18.9 Å².